The van der Waals surface area contributed by atoms with E-state index in [2.05, 4.69) is 24.2 Å². The van der Waals surface area contributed by atoms with Crippen molar-refractivity contribution in [2.45, 2.75) is 417 Å². The molecule has 31 nitrogen and oxygen atoms in total. The number of hydrogen-bond acceptors (Lipinski definition) is 30. The lowest BCUT2D eigenvalue weighted by molar-refractivity contribution is -0.370. The van der Waals surface area contributed by atoms with E-state index < -0.39 is 191 Å². The largest absolute Gasteiger partial charge is 0.447 e. The number of amides is 1. The van der Waals surface area contributed by atoms with Crippen LogP contribution in [0.3, 0.4) is 0 Å². The maximum absolute atomic E-state index is 12.6. The van der Waals surface area contributed by atoms with Crippen LogP contribution in [-0.2, 0) is 80.6 Å². The van der Waals surface area contributed by atoms with Gasteiger partial charge in [-0.15, -0.1) is 0 Å². The van der Waals surface area contributed by atoms with Crippen molar-refractivity contribution < 1.29 is 142 Å². The molecule has 30 atom stereocenters. The second-order valence-electron chi connectivity index (χ2n) is 31.0. The monoisotopic (exact) mass is 1570 g/mol. The lowest BCUT2D eigenvalue weighted by atomic mass is 9.96. The first-order chi connectivity index (χ1) is 52.9. The Morgan fingerprint density at radius 1 is 0.385 bits per heavy atom. The Labute approximate surface area is 645 Å². The molecule has 31 heteroatoms. The standard InChI is InChI=1S/C45H79NO19.C19H37NO.C14H24O9/c1-4-5-6-7-8-9-10-11-12-13-14-15-16-17-18-19-20-46-45(54)58-22-27-32(50)38(55-3)33(51)42(61-27)64-37-29-24-57-41(37)35(53)44(62-29)65-39-31(49)26(21-47)60-43(34(39)52)63-36-28-23-56-40(36)30(48)25(2)59-28;1-2-3-4-5-6-7-8-9-10-11-12-13-14-15-16-17-18-20-19-21;1-5-8(16)13-11(7(21-5)4-20-13)23-14-10(18)12(19-2)9(17)6(3-15)22-14/h25-44,47-53H,4-24H2,1-3H3,(H,46,54);2-18H2,1H3;5-18H,3-4H2,1-2H3/t25-,26?,27?,28+,29+,30?,31-,32-,33?,34?,35?,36+,37+,38-,39-,40?,41?,42-,43-,44-;;5-,6?,7+,8?,9-,10?,11+,12-,13?,14-/m0.0/s1. The van der Waals surface area contributed by atoms with Gasteiger partial charge in [0.05, 0.1) is 51.8 Å². The van der Waals surface area contributed by atoms with Crippen molar-refractivity contribution in [3.63, 3.8) is 0 Å². The molecule has 0 aromatic heterocycles. The Hall–Kier alpha value is -2.39. The van der Waals surface area contributed by atoms with Crippen LogP contribution in [0.5, 0.6) is 0 Å². The third-order valence-electron chi connectivity index (χ3n) is 22.6. The molecule has 0 saturated carbocycles. The number of carbonyl (C=O) groups excluding carboxylic acids is 2. The Bertz CT molecular complexity index is 2450. The molecule has 0 aromatic carbocycles. The van der Waals surface area contributed by atoms with Crippen molar-refractivity contribution in [2.75, 3.05) is 67.0 Å². The molecular weight excluding hydrogens is 1430 g/mol. The smallest absolute Gasteiger partial charge is 0.407 e. The molecule has 0 aromatic rings. The molecule has 636 valence electrons. The summed E-state index contributed by atoms with van der Waals surface area (Å²) in [5, 5.41) is 119. The average molecular weight is 1570 g/mol. The molecule has 6 bridgehead atoms. The third-order valence-corrected chi connectivity index (χ3v) is 22.6. The van der Waals surface area contributed by atoms with Gasteiger partial charge in [-0.1, -0.05) is 206 Å². The highest BCUT2D eigenvalue weighted by Crippen LogP contribution is 2.40. The van der Waals surface area contributed by atoms with Gasteiger partial charge in [0.25, 0.3) is 0 Å². The van der Waals surface area contributed by atoms with Crippen LogP contribution in [0.25, 0.3) is 0 Å². The van der Waals surface area contributed by atoms with E-state index in [4.69, 9.17) is 75.8 Å². The number of nitrogens with zero attached hydrogens (tertiary/aromatic N) is 1. The minimum atomic E-state index is -1.67. The number of ether oxygens (including phenoxy) is 16. The fraction of sp³-hybridized carbons (Fsp3) is 0.974. The molecule has 0 radical (unpaired) electrons. The van der Waals surface area contributed by atoms with Crippen molar-refractivity contribution in [3.05, 3.63) is 0 Å². The van der Waals surface area contributed by atoms with Gasteiger partial charge in [-0.25, -0.2) is 14.6 Å². The predicted molar refractivity (Wildman–Crippen MR) is 393 cm³/mol. The van der Waals surface area contributed by atoms with Gasteiger partial charge in [-0.05, 0) is 26.7 Å². The topological polar surface area (TPSA) is 429 Å². The van der Waals surface area contributed by atoms with Gasteiger partial charge in [-0.3, -0.25) is 0 Å². The minimum absolute atomic E-state index is 0.0768. The molecule has 9 aliphatic heterocycles. The molecule has 9 rings (SSSR count). The van der Waals surface area contributed by atoms with Gasteiger partial charge in [0.2, 0.25) is 6.08 Å². The quantitative estimate of drug-likeness (QED) is 0.0216. The number of alkyl carbamates (subject to hydrolysis) is 1. The summed E-state index contributed by atoms with van der Waals surface area (Å²) in [4.78, 5) is 26.0. The molecule has 1 amide bonds. The number of nitrogens with one attached hydrogen (secondary N) is 1. The predicted octanol–water partition coefficient (Wildman–Crippen LogP) is 5.02. The summed E-state index contributed by atoms with van der Waals surface area (Å²) in [6, 6.07) is 0. The number of fused-ring (bicyclic) bond motifs is 6. The molecule has 9 aliphatic rings. The fourth-order valence-corrected chi connectivity index (χ4v) is 16.0. The minimum Gasteiger partial charge on any atom is -0.447 e. The zero-order valence-corrected chi connectivity index (χ0v) is 65.8. The number of rotatable bonds is 48. The highest BCUT2D eigenvalue weighted by atomic mass is 16.8. The lowest BCUT2D eigenvalue weighted by Crippen LogP contribution is -2.65. The van der Waals surface area contributed by atoms with Crippen molar-refractivity contribution in [3.8, 4) is 0 Å². The number of aliphatic hydroxyl groups excluding tert-OH is 11. The third kappa shape index (κ3) is 28.7. The van der Waals surface area contributed by atoms with Crippen LogP contribution in [-0.4, -0.2) is 319 Å². The maximum Gasteiger partial charge on any atom is 0.407 e. The fourth-order valence-electron chi connectivity index (χ4n) is 16.0. The van der Waals surface area contributed by atoms with Gasteiger partial charge in [0.15, 0.2) is 25.2 Å². The maximum atomic E-state index is 12.6. The summed E-state index contributed by atoms with van der Waals surface area (Å²) in [5.74, 6) is 0. The molecule has 9 fully saturated rings. The second-order valence-corrected chi connectivity index (χ2v) is 31.0. The zero-order chi connectivity index (χ0) is 78.6. The SMILES string of the molecule is CCCCCCCCCCCCCCCCCCN=C=O.CCCCCCCCCCCCCCCCCCNC(=O)OCC1O[C@@H](O[C@H]2C3OC[C@H]2O[C@@H](O[C@@H]2C(O)[C@H](O[C@H]4C5OC[C@H]4O[C@@H](C)C5O)OC(CO)[C@@H]2O)C3O)C(O)[C@@H](OC)[C@H]1O.CO[C@@H]1C(O)[C@H](O[C@H]2C3OC[C@H]2O[C@@H](C)C3O)OC(CO)[C@@H]1O. The summed E-state index contributed by atoms with van der Waals surface area (Å²) in [7, 11) is 2.64. The molecular formula is C78H140N2O29. The van der Waals surface area contributed by atoms with Crippen LogP contribution in [0, 0.1) is 0 Å². The highest BCUT2D eigenvalue weighted by molar-refractivity contribution is 5.67. The highest BCUT2D eigenvalue weighted by Gasteiger charge is 2.60. The average Bonchev–Trinajstić information content (AvgIpc) is 1.70. The number of methoxy groups -OCH3 is 2. The van der Waals surface area contributed by atoms with Gasteiger partial charge in [0.1, 0.15) is 153 Å². The van der Waals surface area contributed by atoms with E-state index in [1.54, 1.807) is 19.9 Å². The van der Waals surface area contributed by atoms with E-state index in [0.717, 1.165) is 25.7 Å². The molecule has 109 heavy (non-hydrogen) atoms. The Balaban J connectivity index is 0.000000303. The van der Waals surface area contributed by atoms with Crippen LogP contribution in [0.15, 0.2) is 4.99 Å². The van der Waals surface area contributed by atoms with Gasteiger partial charge < -0.3 is 137 Å². The molecule has 9 saturated heterocycles. The molecule has 9 heterocycles. The van der Waals surface area contributed by atoms with E-state index >= 15 is 0 Å². The first-order valence-corrected chi connectivity index (χ1v) is 41.6. The van der Waals surface area contributed by atoms with Crippen molar-refractivity contribution in [1.82, 2.24) is 5.32 Å². The van der Waals surface area contributed by atoms with Crippen LogP contribution < -0.4 is 5.32 Å². The lowest BCUT2D eigenvalue weighted by Gasteiger charge is -2.47. The van der Waals surface area contributed by atoms with Crippen LogP contribution in [0.1, 0.15) is 233 Å². The van der Waals surface area contributed by atoms with E-state index in [0.29, 0.717) is 13.1 Å². The first kappa shape index (κ1) is 93.8. The first-order valence-electron chi connectivity index (χ1n) is 41.6. The van der Waals surface area contributed by atoms with Crippen LogP contribution >= 0.6 is 0 Å². The number of aliphatic imine (C=N–C) groups is 1. The van der Waals surface area contributed by atoms with E-state index in [9.17, 15) is 65.8 Å². The molecule has 0 aliphatic carbocycles. The van der Waals surface area contributed by atoms with E-state index in [1.807, 2.05) is 0 Å². The van der Waals surface area contributed by atoms with Crippen LogP contribution in [0.2, 0.25) is 0 Å². The van der Waals surface area contributed by atoms with Gasteiger partial charge in [0, 0.05) is 20.8 Å². The Kier molecular flexibility index (Phi) is 44.4. The molecule has 12 unspecified atom stereocenters. The summed E-state index contributed by atoms with van der Waals surface area (Å²) >= 11 is 0. The number of carbonyl (C=O) groups is 1. The van der Waals surface area contributed by atoms with Crippen molar-refractivity contribution >= 4 is 12.2 Å². The number of hydrogen-bond donors (Lipinski definition) is 12. The Morgan fingerprint density at radius 2 is 0.697 bits per heavy atom. The summed E-state index contributed by atoms with van der Waals surface area (Å²) in [6.45, 7) is 7.93. The van der Waals surface area contributed by atoms with E-state index in [-0.39, 0.29) is 38.6 Å². The van der Waals surface area contributed by atoms with Gasteiger partial charge in [-0.2, -0.15) is 0 Å². The zero-order valence-electron chi connectivity index (χ0n) is 65.8. The summed E-state index contributed by atoms with van der Waals surface area (Å²) in [6.07, 6.45) is 10.7. The number of unbranched alkanes of at least 4 members (excludes halogenated alkanes) is 30. The molecule has 0 spiro atoms. The second kappa shape index (κ2) is 51.6. The Morgan fingerprint density at radius 3 is 1.07 bits per heavy atom. The number of isocyanates is 1. The van der Waals surface area contributed by atoms with E-state index in [1.165, 1.54) is 194 Å². The molecule has 12 N–H and O–H groups in total. The normalized spacial score (nSPS) is 38.0. The van der Waals surface area contributed by atoms with Crippen LogP contribution in [0.4, 0.5) is 4.79 Å². The van der Waals surface area contributed by atoms with Crippen molar-refractivity contribution in [2.24, 2.45) is 4.99 Å². The van der Waals surface area contributed by atoms with Gasteiger partial charge >= 0.3 is 6.09 Å². The summed E-state index contributed by atoms with van der Waals surface area (Å²) in [5.41, 5.74) is 0. The number of aliphatic hydroxyl groups is 11. The van der Waals surface area contributed by atoms with Crippen molar-refractivity contribution in [1.29, 1.82) is 0 Å². The summed E-state index contributed by atoms with van der Waals surface area (Å²) < 4.78 is 91.3.